The fourth-order valence-corrected chi connectivity index (χ4v) is 1.74. The molecule has 3 nitrogen and oxygen atoms in total. The minimum absolute atomic E-state index is 0.134. The van der Waals surface area contributed by atoms with Crippen molar-refractivity contribution in [3.05, 3.63) is 11.9 Å². The lowest BCUT2D eigenvalue weighted by molar-refractivity contribution is 0.0975. The highest BCUT2D eigenvalue weighted by molar-refractivity contribution is 6.99. The third-order valence-corrected chi connectivity index (χ3v) is 2.63. The number of carbonyl (C=O) groups is 1. The number of carbonyl (C=O) groups excluding carboxylic acids is 1. The molecule has 0 unspecified atom stereocenters. The van der Waals surface area contributed by atoms with Gasteiger partial charge < -0.3 is 0 Å². The molecule has 0 aromatic carbocycles. The number of Topliss-reactive ketones (excluding diaryl/α,β-unsaturated/α-hetero) is 1. The van der Waals surface area contributed by atoms with Gasteiger partial charge in [-0.15, -0.1) is 0 Å². The number of rotatable bonds is 7. The van der Waals surface area contributed by atoms with Gasteiger partial charge in [-0.05, 0) is 6.42 Å². The van der Waals surface area contributed by atoms with E-state index in [2.05, 4.69) is 15.7 Å². The van der Waals surface area contributed by atoms with Crippen LogP contribution in [0.25, 0.3) is 0 Å². The molecule has 1 heterocycles. The second-order valence-corrected chi connectivity index (χ2v) is 3.94. The lowest BCUT2D eigenvalue weighted by atomic mass is 10.1. The fraction of sp³-hybridized carbons (Fsp3) is 0.700. The van der Waals surface area contributed by atoms with Crippen LogP contribution in [-0.4, -0.2) is 14.5 Å². The zero-order chi connectivity index (χ0) is 10.2. The van der Waals surface area contributed by atoms with Gasteiger partial charge in [-0.3, -0.25) is 4.79 Å². The van der Waals surface area contributed by atoms with Crippen molar-refractivity contribution in [2.24, 2.45) is 0 Å². The highest BCUT2D eigenvalue weighted by Gasteiger charge is 2.07. The first-order chi connectivity index (χ1) is 6.84. The van der Waals surface area contributed by atoms with E-state index in [9.17, 15) is 4.79 Å². The molecule has 1 aromatic heterocycles. The smallest absolute Gasteiger partial charge is 0.183 e. The van der Waals surface area contributed by atoms with Gasteiger partial charge in [0.05, 0.1) is 17.9 Å². The quantitative estimate of drug-likeness (QED) is 0.515. The Kier molecular flexibility index (Phi) is 5.37. The Morgan fingerprint density at radius 3 is 2.79 bits per heavy atom. The predicted octanol–water partition coefficient (Wildman–Crippen LogP) is 3.08. The molecule has 0 aliphatic carbocycles. The van der Waals surface area contributed by atoms with Gasteiger partial charge in [0.1, 0.15) is 5.69 Å². The maximum absolute atomic E-state index is 11.4. The molecule has 0 fully saturated rings. The van der Waals surface area contributed by atoms with Gasteiger partial charge >= 0.3 is 0 Å². The summed E-state index contributed by atoms with van der Waals surface area (Å²) in [6.07, 6.45) is 8.05. The van der Waals surface area contributed by atoms with Crippen LogP contribution in [0.2, 0.25) is 0 Å². The zero-order valence-electron chi connectivity index (χ0n) is 8.53. The summed E-state index contributed by atoms with van der Waals surface area (Å²) < 4.78 is 7.72. The minimum atomic E-state index is 0.134. The van der Waals surface area contributed by atoms with Crippen molar-refractivity contribution in [2.75, 3.05) is 0 Å². The van der Waals surface area contributed by atoms with Gasteiger partial charge in [0.2, 0.25) is 0 Å². The van der Waals surface area contributed by atoms with E-state index in [-0.39, 0.29) is 5.78 Å². The molecule has 1 aromatic rings. The molecule has 0 atom stereocenters. The van der Waals surface area contributed by atoms with E-state index in [0.29, 0.717) is 12.1 Å². The Morgan fingerprint density at radius 1 is 1.36 bits per heavy atom. The Labute approximate surface area is 88.9 Å². The van der Waals surface area contributed by atoms with Gasteiger partial charge in [0.15, 0.2) is 5.78 Å². The van der Waals surface area contributed by atoms with Crippen LogP contribution in [0.15, 0.2) is 6.20 Å². The van der Waals surface area contributed by atoms with Crippen molar-refractivity contribution in [3.63, 3.8) is 0 Å². The van der Waals surface area contributed by atoms with E-state index in [1.807, 2.05) is 0 Å². The molecule has 78 valence electrons. The van der Waals surface area contributed by atoms with Crippen LogP contribution in [0.5, 0.6) is 0 Å². The zero-order valence-corrected chi connectivity index (χ0v) is 9.35. The Hall–Kier alpha value is -0.770. The van der Waals surface area contributed by atoms with Gasteiger partial charge in [0, 0.05) is 6.42 Å². The molecule has 14 heavy (non-hydrogen) atoms. The Bertz CT molecular complexity index is 259. The predicted molar refractivity (Wildman–Crippen MR) is 57.6 cm³/mol. The molecule has 0 radical (unpaired) electrons. The molecular weight excluding hydrogens is 196 g/mol. The first-order valence-corrected chi connectivity index (χ1v) is 5.88. The summed E-state index contributed by atoms with van der Waals surface area (Å²) in [4.78, 5) is 11.4. The number of aromatic nitrogens is 2. The van der Waals surface area contributed by atoms with Crippen molar-refractivity contribution in [3.8, 4) is 0 Å². The van der Waals surface area contributed by atoms with E-state index >= 15 is 0 Å². The molecular formula is C10H16N2OS. The van der Waals surface area contributed by atoms with Crippen LogP contribution in [0.1, 0.15) is 55.9 Å². The van der Waals surface area contributed by atoms with Crippen LogP contribution >= 0.6 is 11.7 Å². The third kappa shape index (κ3) is 3.96. The number of hydrogen-bond donors (Lipinski definition) is 0. The minimum Gasteiger partial charge on any atom is -0.292 e. The molecule has 1 rings (SSSR count). The number of hydrogen-bond acceptors (Lipinski definition) is 4. The van der Waals surface area contributed by atoms with E-state index in [4.69, 9.17) is 0 Å². The molecule has 0 bridgehead atoms. The maximum Gasteiger partial charge on any atom is 0.183 e. The lowest BCUT2D eigenvalue weighted by Crippen LogP contribution is -1.98. The van der Waals surface area contributed by atoms with Crippen molar-refractivity contribution in [2.45, 2.75) is 45.4 Å². The summed E-state index contributed by atoms with van der Waals surface area (Å²) in [6, 6.07) is 0. The molecule has 0 amide bonds. The largest absolute Gasteiger partial charge is 0.292 e. The first-order valence-electron chi connectivity index (χ1n) is 5.15. The first kappa shape index (κ1) is 11.3. The van der Waals surface area contributed by atoms with Crippen LogP contribution < -0.4 is 0 Å². The average Bonchev–Trinajstić information content (AvgIpc) is 2.70. The number of unbranched alkanes of at least 4 members (excludes halogenated alkanes) is 4. The molecule has 0 N–H and O–H groups in total. The normalized spacial score (nSPS) is 10.4. The molecule has 0 saturated carbocycles. The molecule has 0 aliphatic rings. The van der Waals surface area contributed by atoms with Crippen molar-refractivity contribution in [1.82, 2.24) is 8.75 Å². The Morgan fingerprint density at radius 2 is 2.14 bits per heavy atom. The van der Waals surface area contributed by atoms with Gasteiger partial charge in [-0.25, -0.2) is 0 Å². The second-order valence-electron chi connectivity index (χ2n) is 3.38. The van der Waals surface area contributed by atoms with Crippen molar-refractivity contribution < 1.29 is 4.79 Å². The van der Waals surface area contributed by atoms with E-state index in [0.717, 1.165) is 24.6 Å². The van der Waals surface area contributed by atoms with E-state index in [1.165, 1.54) is 19.3 Å². The van der Waals surface area contributed by atoms with E-state index in [1.54, 1.807) is 6.20 Å². The second kappa shape index (κ2) is 6.65. The van der Waals surface area contributed by atoms with Crippen LogP contribution in [0, 0.1) is 0 Å². The summed E-state index contributed by atoms with van der Waals surface area (Å²) in [7, 11) is 0. The highest BCUT2D eigenvalue weighted by atomic mass is 32.1. The van der Waals surface area contributed by atoms with Crippen molar-refractivity contribution in [1.29, 1.82) is 0 Å². The fourth-order valence-electron chi connectivity index (χ4n) is 1.30. The Balaban J connectivity index is 2.10. The third-order valence-electron chi connectivity index (χ3n) is 2.15. The standard InChI is InChI=1S/C10H16N2OS/c1-2-3-4-5-6-7-10(13)9-8-11-14-12-9/h8H,2-7H2,1H3. The van der Waals surface area contributed by atoms with Crippen LogP contribution in [0.4, 0.5) is 0 Å². The maximum atomic E-state index is 11.4. The lowest BCUT2D eigenvalue weighted by Gasteiger charge is -1.97. The van der Waals surface area contributed by atoms with Gasteiger partial charge in [-0.1, -0.05) is 32.6 Å². The van der Waals surface area contributed by atoms with E-state index < -0.39 is 0 Å². The molecule has 4 heteroatoms. The summed E-state index contributed by atoms with van der Waals surface area (Å²) in [6.45, 7) is 2.19. The van der Waals surface area contributed by atoms with Crippen molar-refractivity contribution >= 4 is 17.5 Å². The highest BCUT2D eigenvalue weighted by Crippen LogP contribution is 2.08. The average molecular weight is 212 g/mol. The monoisotopic (exact) mass is 212 g/mol. The topological polar surface area (TPSA) is 42.9 Å². The molecule has 0 aliphatic heterocycles. The SMILES string of the molecule is CCCCCCCC(=O)c1cnsn1. The van der Waals surface area contributed by atoms with Gasteiger partial charge in [0.25, 0.3) is 0 Å². The number of nitrogens with zero attached hydrogens (tertiary/aromatic N) is 2. The summed E-state index contributed by atoms with van der Waals surface area (Å²) in [5, 5.41) is 0. The number of ketones is 1. The molecule has 0 spiro atoms. The van der Waals surface area contributed by atoms with Crippen LogP contribution in [-0.2, 0) is 0 Å². The molecule has 0 saturated heterocycles. The van der Waals surface area contributed by atoms with Gasteiger partial charge in [-0.2, -0.15) is 8.75 Å². The summed E-state index contributed by atoms with van der Waals surface area (Å²) >= 11 is 1.09. The summed E-state index contributed by atoms with van der Waals surface area (Å²) in [5.41, 5.74) is 0.533. The summed E-state index contributed by atoms with van der Waals surface area (Å²) in [5.74, 6) is 0.134. The van der Waals surface area contributed by atoms with Crippen LogP contribution in [0.3, 0.4) is 0 Å².